The third-order valence-electron chi connectivity index (χ3n) is 3.15. The number of carbonyl (C=O) groups excluding carboxylic acids is 1. The van der Waals surface area contributed by atoms with E-state index in [-0.39, 0.29) is 12.3 Å². The molecule has 106 valence electrons. The van der Waals surface area contributed by atoms with Gasteiger partial charge < -0.3 is 21.1 Å². The van der Waals surface area contributed by atoms with Crippen molar-refractivity contribution in [3.8, 4) is 0 Å². The Balaban J connectivity index is 2.63. The van der Waals surface area contributed by atoms with Crippen LogP contribution in [-0.4, -0.2) is 39.0 Å². The van der Waals surface area contributed by atoms with E-state index in [0.29, 0.717) is 5.69 Å². The van der Waals surface area contributed by atoms with E-state index in [2.05, 4.69) is 15.3 Å². The van der Waals surface area contributed by atoms with E-state index in [0.717, 1.165) is 6.42 Å². The molecule has 5 N–H and O–H groups in total. The fourth-order valence-electron chi connectivity index (χ4n) is 1.60. The number of hydrogen-bond acceptors (Lipinski definition) is 4. The molecule has 1 amide bonds. The molecule has 19 heavy (non-hydrogen) atoms. The smallest absolute Gasteiger partial charge is 0.326 e. The Morgan fingerprint density at radius 1 is 1.58 bits per heavy atom. The summed E-state index contributed by atoms with van der Waals surface area (Å²) in [6.07, 6.45) is 3.89. The molecule has 1 aromatic heterocycles. The van der Waals surface area contributed by atoms with E-state index in [4.69, 9.17) is 10.8 Å². The first kappa shape index (κ1) is 15.2. The number of aromatic nitrogens is 2. The van der Waals surface area contributed by atoms with E-state index >= 15 is 0 Å². The van der Waals surface area contributed by atoms with E-state index < -0.39 is 24.0 Å². The van der Waals surface area contributed by atoms with Crippen LogP contribution in [0.5, 0.6) is 0 Å². The quantitative estimate of drug-likeness (QED) is 0.550. The average Bonchev–Trinajstić information content (AvgIpc) is 2.88. The fourth-order valence-corrected chi connectivity index (χ4v) is 1.60. The molecule has 0 aliphatic carbocycles. The third-order valence-corrected chi connectivity index (χ3v) is 3.15. The molecule has 0 saturated heterocycles. The number of imidazole rings is 1. The van der Waals surface area contributed by atoms with Gasteiger partial charge in [0, 0.05) is 18.3 Å². The van der Waals surface area contributed by atoms with Gasteiger partial charge in [0.2, 0.25) is 5.91 Å². The number of hydrogen-bond donors (Lipinski definition) is 4. The molecule has 0 fully saturated rings. The number of nitrogens with two attached hydrogens (primary N) is 1. The fraction of sp³-hybridized carbons (Fsp3) is 0.583. The summed E-state index contributed by atoms with van der Waals surface area (Å²) in [6.45, 7) is 3.78. The maximum atomic E-state index is 11.9. The van der Waals surface area contributed by atoms with Crippen LogP contribution >= 0.6 is 0 Å². The highest BCUT2D eigenvalue weighted by Gasteiger charge is 2.26. The van der Waals surface area contributed by atoms with Gasteiger partial charge in [-0.2, -0.15) is 0 Å². The highest BCUT2D eigenvalue weighted by Crippen LogP contribution is 2.06. The average molecular weight is 268 g/mol. The van der Waals surface area contributed by atoms with Crippen LogP contribution in [0.3, 0.4) is 0 Å². The number of aromatic amines is 1. The lowest BCUT2D eigenvalue weighted by molar-refractivity contribution is -0.142. The van der Waals surface area contributed by atoms with Crippen molar-refractivity contribution in [3.63, 3.8) is 0 Å². The highest BCUT2D eigenvalue weighted by atomic mass is 16.4. The zero-order chi connectivity index (χ0) is 14.4. The third kappa shape index (κ3) is 4.36. The van der Waals surface area contributed by atoms with Gasteiger partial charge in [-0.05, 0) is 5.92 Å². The minimum Gasteiger partial charge on any atom is -0.480 e. The Morgan fingerprint density at radius 2 is 2.26 bits per heavy atom. The molecule has 0 aliphatic rings. The summed E-state index contributed by atoms with van der Waals surface area (Å²) in [7, 11) is 0. The second-order valence-electron chi connectivity index (χ2n) is 4.59. The number of H-pyrrole nitrogens is 1. The summed E-state index contributed by atoms with van der Waals surface area (Å²) in [4.78, 5) is 29.6. The molecule has 7 heteroatoms. The molecular weight excluding hydrogens is 248 g/mol. The van der Waals surface area contributed by atoms with Crippen LogP contribution in [0.4, 0.5) is 0 Å². The van der Waals surface area contributed by atoms with Gasteiger partial charge in [-0.1, -0.05) is 20.3 Å². The van der Waals surface area contributed by atoms with Crippen molar-refractivity contribution in [2.24, 2.45) is 11.7 Å². The Hall–Kier alpha value is -1.89. The molecule has 0 radical (unpaired) electrons. The van der Waals surface area contributed by atoms with Crippen LogP contribution in [0.25, 0.3) is 0 Å². The van der Waals surface area contributed by atoms with Crippen molar-refractivity contribution in [1.29, 1.82) is 0 Å². The molecule has 1 aromatic rings. The minimum atomic E-state index is -1.10. The minimum absolute atomic E-state index is 0.00148. The van der Waals surface area contributed by atoms with Crippen LogP contribution in [0.2, 0.25) is 0 Å². The lowest BCUT2D eigenvalue weighted by Gasteiger charge is -2.20. The zero-order valence-corrected chi connectivity index (χ0v) is 11.1. The molecule has 1 rings (SSSR count). The molecule has 0 saturated carbocycles. The number of amides is 1. The number of rotatable bonds is 7. The largest absolute Gasteiger partial charge is 0.480 e. The van der Waals surface area contributed by atoms with E-state index in [1.165, 1.54) is 12.5 Å². The molecule has 0 bridgehead atoms. The van der Waals surface area contributed by atoms with Crippen molar-refractivity contribution in [3.05, 3.63) is 18.2 Å². The summed E-state index contributed by atoms with van der Waals surface area (Å²) in [5, 5.41) is 11.6. The maximum Gasteiger partial charge on any atom is 0.326 e. The Morgan fingerprint density at radius 3 is 2.74 bits per heavy atom. The maximum absolute atomic E-state index is 11.9. The van der Waals surface area contributed by atoms with Gasteiger partial charge in [0.15, 0.2) is 0 Å². The number of aliphatic carboxylic acids is 1. The second kappa shape index (κ2) is 6.89. The standard InChI is InChI=1S/C12H20N4O3/c1-3-7(2)10(13)11(17)16-9(12(18)19)4-8-5-14-6-15-8/h5-7,9-10H,3-4,13H2,1-2H3,(H,14,15)(H,16,17)(H,18,19)/t7?,9-,10+/m1/s1. The first-order valence-electron chi connectivity index (χ1n) is 6.21. The predicted molar refractivity (Wildman–Crippen MR) is 69.3 cm³/mol. The van der Waals surface area contributed by atoms with Crippen LogP contribution < -0.4 is 11.1 Å². The first-order chi connectivity index (χ1) is 8.95. The van der Waals surface area contributed by atoms with Gasteiger partial charge in [0.1, 0.15) is 6.04 Å². The van der Waals surface area contributed by atoms with E-state index in [9.17, 15) is 9.59 Å². The molecule has 0 aromatic carbocycles. The van der Waals surface area contributed by atoms with E-state index in [1.807, 2.05) is 13.8 Å². The van der Waals surface area contributed by atoms with Gasteiger partial charge >= 0.3 is 5.97 Å². The highest BCUT2D eigenvalue weighted by molar-refractivity contribution is 5.87. The second-order valence-corrected chi connectivity index (χ2v) is 4.59. The summed E-state index contributed by atoms with van der Waals surface area (Å²) >= 11 is 0. The molecule has 0 spiro atoms. The predicted octanol–water partition coefficient (Wildman–Crippen LogP) is -0.105. The molecule has 3 atom stereocenters. The Kier molecular flexibility index (Phi) is 5.50. The molecule has 1 unspecified atom stereocenters. The van der Waals surface area contributed by atoms with Gasteiger partial charge in [0.25, 0.3) is 0 Å². The van der Waals surface area contributed by atoms with Gasteiger partial charge in [0.05, 0.1) is 12.4 Å². The van der Waals surface area contributed by atoms with Crippen LogP contribution in [0.1, 0.15) is 26.0 Å². The van der Waals surface area contributed by atoms with Crippen molar-refractivity contribution >= 4 is 11.9 Å². The molecule has 0 aliphatic heterocycles. The van der Waals surface area contributed by atoms with E-state index in [1.54, 1.807) is 0 Å². The van der Waals surface area contributed by atoms with Gasteiger partial charge in [-0.3, -0.25) is 4.79 Å². The number of nitrogens with zero attached hydrogens (tertiary/aromatic N) is 1. The molecule has 1 heterocycles. The van der Waals surface area contributed by atoms with Crippen LogP contribution in [-0.2, 0) is 16.0 Å². The number of nitrogens with one attached hydrogen (secondary N) is 2. The molecular formula is C12H20N4O3. The Bertz CT molecular complexity index is 419. The van der Waals surface area contributed by atoms with Crippen LogP contribution in [0, 0.1) is 5.92 Å². The van der Waals surface area contributed by atoms with Gasteiger partial charge in [-0.15, -0.1) is 0 Å². The lowest BCUT2D eigenvalue weighted by Crippen LogP contribution is -2.51. The van der Waals surface area contributed by atoms with Crippen molar-refractivity contribution in [2.45, 2.75) is 38.8 Å². The van der Waals surface area contributed by atoms with Crippen molar-refractivity contribution in [2.75, 3.05) is 0 Å². The summed E-state index contributed by atoms with van der Waals surface area (Å²) in [5.41, 5.74) is 6.41. The van der Waals surface area contributed by atoms with Crippen molar-refractivity contribution < 1.29 is 14.7 Å². The number of carbonyl (C=O) groups is 2. The Labute approximate surface area is 111 Å². The van der Waals surface area contributed by atoms with Crippen molar-refractivity contribution in [1.82, 2.24) is 15.3 Å². The summed E-state index contributed by atoms with van der Waals surface area (Å²) < 4.78 is 0. The number of carboxylic acids is 1. The normalized spacial score (nSPS) is 15.5. The van der Waals surface area contributed by atoms with Crippen LogP contribution in [0.15, 0.2) is 12.5 Å². The first-order valence-corrected chi connectivity index (χ1v) is 6.21. The lowest BCUT2D eigenvalue weighted by atomic mass is 9.99. The SMILES string of the molecule is CCC(C)[C@H](N)C(=O)N[C@H](Cc1cnc[nH]1)C(=O)O. The number of carboxylic acid groups (broad SMARTS) is 1. The summed E-state index contributed by atoms with van der Waals surface area (Å²) in [5.74, 6) is -1.54. The van der Waals surface area contributed by atoms with Gasteiger partial charge in [-0.25, -0.2) is 9.78 Å². The zero-order valence-electron chi connectivity index (χ0n) is 11.1. The molecule has 7 nitrogen and oxygen atoms in total. The summed E-state index contributed by atoms with van der Waals surface area (Å²) in [6, 6.07) is -1.71. The topological polar surface area (TPSA) is 121 Å². The monoisotopic (exact) mass is 268 g/mol.